The third-order valence-electron chi connectivity index (χ3n) is 3.25. The van der Waals surface area contributed by atoms with Crippen molar-refractivity contribution in [3.8, 4) is 0 Å². The topological polar surface area (TPSA) is 108 Å². The second kappa shape index (κ2) is 5.34. The van der Waals surface area contributed by atoms with Crippen LogP contribution >= 0.6 is 0 Å². The fourth-order valence-electron chi connectivity index (χ4n) is 2.18. The van der Waals surface area contributed by atoms with Crippen LogP contribution in [0, 0.1) is 5.41 Å². The van der Waals surface area contributed by atoms with Gasteiger partial charge in [-0.3, -0.25) is 4.79 Å². The zero-order chi connectivity index (χ0) is 14.8. The minimum Gasteiger partial charge on any atom is -0.409 e. The lowest BCUT2D eigenvalue weighted by molar-refractivity contribution is -0.170. The highest BCUT2D eigenvalue weighted by molar-refractivity contribution is 6.05. The Bertz CT molecular complexity index is 379. The van der Waals surface area contributed by atoms with Gasteiger partial charge in [-0.25, -0.2) is 0 Å². The number of carbonyl (C=O) groups excluding carboxylic acids is 1. The number of ether oxygens (including phenoxy) is 1. The zero-order valence-electron chi connectivity index (χ0n) is 11.9. The molecule has 19 heavy (non-hydrogen) atoms. The molecule has 1 atom stereocenters. The summed E-state index contributed by atoms with van der Waals surface area (Å²) in [6.45, 7) is 7.43. The summed E-state index contributed by atoms with van der Waals surface area (Å²) in [5.41, 5.74) is 3.93. The van der Waals surface area contributed by atoms with Gasteiger partial charge in [0.1, 0.15) is 5.41 Å². The molecule has 4 N–H and O–H groups in total. The van der Waals surface area contributed by atoms with Crippen molar-refractivity contribution >= 4 is 11.7 Å². The monoisotopic (exact) mass is 273 g/mol. The van der Waals surface area contributed by atoms with Gasteiger partial charge in [-0.15, -0.1) is 0 Å². The molecule has 1 saturated heterocycles. The Morgan fingerprint density at radius 2 is 2.16 bits per heavy atom. The van der Waals surface area contributed by atoms with Gasteiger partial charge in [-0.2, -0.15) is 0 Å². The second-order valence-corrected chi connectivity index (χ2v) is 5.98. The highest BCUT2D eigenvalue weighted by Crippen LogP contribution is 2.26. The van der Waals surface area contributed by atoms with Gasteiger partial charge in [0.15, 0.2) is 5.84 Å². The summed E-state index contributed by atoms with van der Waals surface area (Å²) in [5.74, 6) is -0.389. The number of nitrogens with two attached hydrogens (primary N) is 1. The highest BCUT2D eigenvalue weighted by Gasteiger charge is 2.42. The summed E-state index contributed by atoms with van der Waals surface area (Å²) in [4.78, 5) is 14.1. The number of carbonyl (C=O) groups is 1. The Balaban J connectivity index is 2.93. The van der Waals surface area contributed by atoms with Crippen LogP contribution in [0.25, 0.3) is 0 Å². The zero-order valence-corrected chi connectivity index (χ0v) is 11.9. The molecule has 1 amide bonds. The van der Waals surface area contributed by atoms with Crippen LogP contribution in [-0.2, 0) is 9.53 Å². The Hall–Kier alpha value is -1.34. The van der Waals surface area contributed by atoms with Crippen molar-refractivity contribution in [1.82, 2.24) is 4.90 Å². The summed E-state index contributed by atoms with van der Waals surface area (Å²) in [6.07, 6.45) is -0.421. The Morgan fingerprint density at radius 3 is 2.63 bits per heavy atom. The number of nitrogens with zero attached hydrogens (tertiary/aromatic N) is 2. The van der Waals surface area contributed by atoms with Gasteiger partial charge in [0, 0.05) is 13.1 Å². The largest absolute Gasteiger partial charge is 0.409 e. The van der Waals surface area contributed by atoms with Crippen LogP contribution in [0.15, 0.2) is 5.16 Å². The fourth-order valence-corrected chi connectivity index (χ4v) is 2.18. The number of oxime groups is 1. The molecule has 1 aliphatic rings. The summed E-state index contributed by atoms with van der Waals surface area (Å²) >= 11 is 0. The maximum Gasteiger partial charge on any atom is 0.236 e. The molecular formula is C12H23N3O4. The lowest BCUT2D eigenvalue weighted by Gasteiger charge is -2.44. The first-order valence-corrected chi connectivity index (χ1v) is 6.20. The van der Waals surface area contributed by atoms with Crippen molar-refractivity contribution in [2.75, 3.05) is 19.7 Å². The van der Waals surface area contributed by atoms with Crippen molar-refractivity contribution in [3.05, 3.63) is 0 Å². The number of rotatable bonds is 3. The fraction of sp³-hybridized carbons (Fsp3) is 0.833. The molecule has 0 aromatic carbocycles. The van der Waals surface area contributed by atoms with E-state index in [4.69, 9.17) is 15.7 Å². The lowest BCUT2D eigenvalue weighted by atomic mass is 9.89. The average molecular weight is 273 g/mol. The second-order valence-electron chi connectivity index (χ2n) is 5.98. The quantitative estimate of drug-likeness (QED) is 0.284. The third-order valence-corrected chi connectivity index (χ3v) is 3.25. The molecule has 0 aromatic rings. The van der Waals surface area contributed by atoms with Crippen LogP contribution in [-0.4, -0.2) is 58.4 Å². The molecule has 0 spiro atoms. The molecule has 110 valence electrons. The predicted octanol–water partition coefficient (Wildman–Crippen LogP) is -0.243. The molecule has 0 aromatic heterocycles. The molecule has 0 radical (unpaired) electrons. The SMILES string of the molecule is CC1(C)CN(C(=O)C(C)(C)C(N)=NO)CC(CO)O1. The van der Waals surface area contributed by atoms with E-state index in [1.807, 2.05) is 13.8 Å². The van der Waals surface area contributed by atoms with Crippen LogP contribution < -0.4 is 5.73 Å². The molecule has 0 bridgehead atoms. The number of hydrogen-bond donors (Lipinski definition) is 3. The number of aliphatic hydroxyl groups excluding tert-OH is 1. The number of hydrogen-bond acceptors (Lipinski definition) is 5. The van der Waals surface area contributed by atoms with Gasteiger partial charge < -0.3 is 25.7 Å². The molecule has 0 saturated carbocycles. The summed E-state index contributed by atoms with van der Waals surface area (Å²) in [6, 6.07) is 0. The van der Waals surface area contributed by atoms with E-state index < -0.39 is 17.1 Å². The van der Waals surface area contributed by atoms with E-state index in [0.29, 0.717) is 13.1 Å². The van der Waals surface area contributed by atoms with Gasteiger partial charge in [0.05, 0.1) is 18.3 Å². The first-order valence-electron chi connectivity index (χ1n) is 6.20. The van der Waals surface area contributed by atoms with Gasteiger partial charge in [-0.1, -0.05) is 5.16 Å². The maximum absolute atomic E-state index is 12.5. The van der Waals surface area contributed by atoms with Gasteiger partial charge >= 0.3 is 0 Å². The molecule has 1 aliphatic heterocycles. The Kier molecular flexibility index (Phi) is 4.42. The van der Waals surface area contributed by atoms with Crippen LogP contribution in [0.3, 0.4) is 0 Å². The minimum absolute atomic E-state index is 0.137. The van der Waals surface area contributed by atoms with Crippen molar-refractivity contribution in [2.45, 2.75) is 39.4 Å². The number of amides is 1. The van der Waals surface area contributed by atoms with Crippen molar-refractivity contribution in [3.63, 3.8) is 0 Å². The maximum atomic E-state index is 12.5. The third kappa shape index (κ3) is 3.36. The van der Waals surface area contributed by atoms with E-state index in [9.17, 15) is 9.90 Å². The van der Waals surface area contributed by atoms with E-state index in [2.05, 4.69) is 5.16 Å². The molecule has 7 nitrogen and oxygen atoms in total. The number of morpholine rings is 1. The summed E-state index contributed by atoms with van der Waals surface area (Å²) < 4.78 is 5.65. The lowest BCUT2D eigenvalue weighted by Crippen LogP contribution is -2.59. The predicted molar refractivity (Wildman–Crippen MR) is 69.8 cm³/mol. The van der Waals surface area contributed by atoms with Crippen LogP contribution in [0.5, 0.6) is 0 Å². The number of aliphatic hydroxyl groups is 1. The van der Waals surface area contributed by atoms with E-state index in [1.54, 1.807) is 18.7 Å². The molecule has 0 aliphatic carbocycles. The van der Waals surface area contributed by atoms with Crippen LogP contribution in [0.4, 0.5) is 0 Å². The van der Waals surface area contributed by atoms with Gasteiger partial charge in [-0.05, 0) is 27.7 Å². The van der Waals surface area contributed by atoms with E-state index in [-0.39, 0.29) is 18.3 Å². The summed E-state index contributed by atoms with van der Waals surface area (Å²) in [7, 11) is 0. The van der Waals surface area contributed by atoms with Gasteiger partial charge in [0.2, 0.25) is 5.91 Å². The highest BCUT2D eigenvalue weighted by atomic mass is 16.5. The van der Waals surface area contributed by atoms with E-state index in [0.717, 1.165) is 0 Å². The standard InChI is InChI=1S/C12H23N3O4/c1-11(2)7-15(5-8(6-16)19-11)10(17)12(3,4)9(13)14-18/h8,16,18H,5-7H2,1-4H3,(H2,13,14). The molecule has 1 unspecified atom stereocenters. The van der Waals surface area contributed by atoms with E-state index >= 15 is 0 Å². The summed E-state index contributed by atoms with van der Waals surface area (Å²) in [5, 5.41) is 20.9. The van der Waals surface area contributed by atoms with Crippen LogP contribution in [0.1, 0.15) is 27.7 Å². The first kappa shape index (κ1) is 15.7. The Morgan fingerprint density at radius 1 is 1.58 bits per heavy atom. The first-order chi connectivity index (χ1) is 8.64. The van der Waals surface area contributed by atoms with Crippen molar-refractivity contribution in [1.29, 1.82) is 0 Å². The van der Waals surface area contributed by atoms with Gasteiger partial charge in [0.25, 0.3) is 0 Å². The Labute approximate surface area is 113 Å². The van der Waals surface area contributed by atoms with E-state index in [1.165, 1.54) is 0 Å². The molecular weight excluding hydrogens is 250 g/mol. The normalized spacial score (nSPS) is 24.4. The molecule has 7 heteroatoms. The molecule has 1 rings (SSSR count). The van der Waals surface area contributed by atoms with Crippen molar-refractivity contribution < 1.29 is 19.8 Å². The van der Waals surface area contributed by atoms with Crippen molar-refractivity contribution in [2.24, 2.45) is 16.3 Å². The van der Waals surface area contributed by atoms with Crippen LogP contribution in [0.2, 0.25) is 0 Å². The minimum atomic E-state index is -1.10. The molecule has 1 fully saturated rings. The number of amidine groups is 1. The molecule has 1 heterocycles. The smallest absolute Gasteiger partial charge is 0.236 e. The average Bonchev–Trinajstić information content (AvgIpc) is 2.34.